The van der Waals surface area contributed by atoms with Gasteiger partial charge >= 0.3 is 0 Å². The van der Waals surface area contributed by atoms with Gasteiger partial charge in [-0.1, -0.05) is 0 Å². The molecule has 20 heavy (non-hydrogen) atoms. The first kappa shape index (κ1) is 13.8. The second-order valence-corrected chi connectivity index (χ2v) is 6.22. The Bertz CT molecular complexity index is 542. The van der Waals surface area contributed by atoms with E-state index in [1.165, 1.54) is 0 Å². The summed E-state index contributed by atoms with van der Waals surface area (Å²) in [7, 11) is 0. The van der Waals surface area contributed by atoms with Crippen molar-refractivity contribution in [1.29, 1.82) is 0 Å². The van der Waals surface area contributed by atoms with E-state index in [9.17, 15) is 5.11 Å². The molecule has 3 rings (SSSR count). The fourth-order valence-corrected chi connectivity index (χ4v) is 3.25. The van der Waals surface area contributed by atoms with Crippen molar-refractivity contribution in [2.24, 2.45) is 5.92 Å². The van der Waals surface area contributed by atoms with E-state index in [0.717, 1.165) is 55.4 Å². The van der Waals surface area contributed by atoms with Crippen LogP contribution in [0, 0.1) is 12.8 Å². The molecule has 1 fully saturated rings. The van der Waals surface area contributed by atoms with Crippen LogP contribution in [0.2, 0.25) is 0 Å². The Morgan fingerprint density at radius 1 is 1.45 bits per heavy atom. The highest BCUT2D eigenvalue weighted by molar-refractivity contribution is 7.08. The standard InChI is InChI=1S/C15H20N2O2S/c1-11-14(8-17-5-2-12(9-18)3-6-17)16-15(19-11)13-4-7-20-10-13/h4,7,10,12,18H,2-3,5-6,8-9H2,1H3. The smallest absolute Gasteiger partial charge is 0.227 e. The minimum absolute atomic E-state index is 0.319. The summed E-state index contributed by atoms with van der Waals surface area (Å²) in [4.78, 5) is 7.03. The van der Waals surface area contributed by atoms with Gasteiger partial charge in [0.05, 0.1) is 5.69 Å². The number of thiophene rings is 1. The average molecular weight is 292 g/mol. The lowest BCUT2D eigenvalue weighted by Gasteiger charge is -2.30. The largest absolute Gasteiger partial charge is 0.441 e. The number of piperidine rings is 1. The van der Waals surface area contributed by atoms with Gasteiger partial charge in [-0.05, 0) is 50.2 Å². The van der Waals surface area contributed by atoms with Crippen molar-refractivity contribution < 1.29 is 9.52 Å². The third kappa shape index (κ3) is 2.95. The number of hydrogen-bond donors (Lipinski definition) is 1. The number of aliphatic hydroxyl groups is 1. The molecule has 4 nitrogen and oxygen atoms in total. The van der Waals surface area contributed by atoms with E-state index >= 15 is 0 Å². The summed E-state index contributed by atoms with van der Waals surface area (Å²) in [5.41, 5.74) is 2.09. The molecule has 1 N–H and O–H groups in total. The summed E-state index contributed by atoms with van der Waals surface area (Å²) < 4.78 is 5.77. The molecular weight excluding hydrogens is 272 g/mol. The van der Waals surface area contributed by atoms with Crippen LogP contribution in [-0.2, 0) is 6.54 Å². The van der Waals surface area contributed by atoms with E-state index in [4.69, 9.17) is 4.42 Å². The van der Waals surface area contributed by atoms with Gasteiger partial charge in [-0.15, -0.1) is 0 Å². The number of aromatic nitrogens is 1. The fraction of sp³-hybridized carbons (Fsp3) is 0.533. The molecule has 5 heteroatoms. The van der Waals surface area contributed by atoms with Crippen LogP contribution in [-0.4, -0.2) is 34.7 Å². The molecule has 0 aliphatic carbocycles. The van der Waals surface area contributed by atoms with Gasteiger partial charge in [-0.2, -0.15) is 11.3 Å². The van der Waals surface area contributed by atoms with Crippen molar-refractivity contribution in [1.82, 2.24) is 9.88 Å². The van der Waals surface area contributed by atoms with Crippen molar-refractivity contribution in [3.63, 3.8) is 0 Å². The average Bonchev–Trinajstić information content (AvgIpc) is 3.10. The molecule has 0 atom stereocenters. The SMILES string of the molecule is Cc1oc(-c2ccsc2)nc1CN1CCC(CO)CC1. The summed E-state index contributed by atoms with van der Waals surface area (Å²) in [6, 6.07) is 2.03. The van der Waals surface area contributed by atoms with Gasteiger partial charge < -0.3 is 9.52 Å². The van der Waals surface area contributed by atoms with Crippen LogP contribution < -0.4 is 0 Å². The Morgan fingerprint density at radius 3 is 2.90 bits per heavy atom. The first-order valence-electron chi connectivity index (χ1n) is 7.08. The molecule has 0 bridgehead atoms. The molecule has 1 aliphatic heterocycles. The second-order valence-electron chi connectivity index (χ2n) is 5.44. The van der Waals surface area contributed by atoms with Crippen LogP contribution in [0.25, 0.3) is 11.5 Å². The van der Waals surface area contributed by atoms with Crippen LogP contribution in [0.15, 0.2) is 21.2 Å². The lowest BCUT2D eigenvalue weighted by atomic mass is 9.98. The van der Waals surface area contributed by atoms with E-state index < -0.39 is 0 Å². The fourth-order valence-electron chi connectivity index (χ4n) is 2.62. The quantitative estimate of drug-likeness (QED) is 0.941. The third-order valence-electron chi connectivity index (χ3n) is 4.00. The Hall–Kier alpha value is -1.17. The summed E-state index contributed by atoms with van der Waals surface area (Å²) in [5.74, 6) is 2.12. The summed E-state index contributed by atoms with van der Waals surface area (Å²) in [6.07, 6.45) is 2.15. The molecule has 3 heterocycles. The van der Waals surface area contributed by atoms with Crippen molar-refractivity contribution in [3.8, 4) is 11.5 Å². The Balaban J connectivity index is 1.66. The monoisotopic (exact) mass is 292 g/mol. The number of oxazole rings is 1. The highest BCUT2D eigenvalue weighted by Crippen LogP contribution is 2.25. The predicted octanol–water partition coefficient (Wildman–Crippen LogP) is 2.92. The van der Waals surface area contributed by atoms with Gasteiger partial charge in [0.2, 0.25) is 5.89 Å². The van der Waals surface area contributed by atoms with E-state index in [0.29, 0.717) is 12.5 Å². The zero-order valence-corrected chi connectivity index (χ0v) is 12.5. The molecule has 2 aromatic rings. The van der Waals surface area contributed by atoms with E-state index in [-0.39, 0.29) is 0 Å². The molecule has 108 valence electrons. The highest BCUT2D eigenvalue weighted by atomic mass is 32.1. The summed E-state index contributed by atoms with van der Waals surface area (Å²) >= 11 is 1.65. The van der Waals surface area contributed by atoms with Gasteiger partial charge in [-0.25, -0.2) is 4.98 Å². The number of rotatable bonds is 4. The Morgan fingerprint density at radius 2 is 2.25 bits per heavy atom. The number of likely N-dealkylation sites (tertiary alicyclic amines) is 1. The zero-order valence-electron chi connectivity index (χ0n) is 11.7. The topological polar surface area (TPSA) is 49.5 Å². The zero-order chi connectivity index (χ0) is 13.9. The number of aliphatic hydroxyl groups excluding tert-OH is 1. The normalized spacial score (nSPS) is 17.7. The maximum absolute atomic E-state index is 9.18. The molecule has 0 aromatic carbocycles. The van der Waals surface area contributed by atoms with E-state index in [2.05, 4.69) is 15.3 Å². The van der Waals surface area contributed by atoms with Crippen LogP contribution >= 0.6 is 11.3 Å². The Labute approximate surface area is 123 Å². The van der Waals surface area contributed by atoms with Gasteiger partial charge in [0.25, 0.3) is 0 Å². The summed E-state index contributed by atoms with van der Waals surface area (Å²) in [6.45, 7) is 5.21. The minimum atomic E-state index is 0.319. The van der Waals surface area contributed by atoms with Crippen LogP contribution in [0.3, 0.4) is 0 Å². The second kappa shape index (κ2) is 6.08. The molecule has 0 unspecified atom stereocenters. The molecule has 2 aromatic heterocycles. The van der Waals surface area contributed by atoms with Crippen LogP contribution in [0.4, 0.5) is 0 Å². The van der Waals surface area contributed by atoms with Gasteiger partial charge in [-0.3, -0.25) is 4.90 Å². The molecule has 0 saturated carbocycles. The van der Waals surface area contributed by atoms with Crippen molar-refractivity contribution >= 4 is 11.3 Å². The van der Waals surface area contributed by atoms with Gasteiger partial charge in [0, 0.05) is 24.1 Å². The lowest BCUT2D eigenvalue weighted by Crippen LogP contribution is -2.34. The van der Waals surface area contributed by atoms with Crippen LogP contribution in [0.1, 0.15) is 24.3 Å². The molecule has 0 radical (unpaired) electrons. The maximum Gasteiger partial charge on any atom is 0.227 e. The molecule has 1 saturated heterocycles. The van der Waals surface area contributed by atoms with E-state index in [1.807, 2.05) is 18.4 Å². The predicted molar refractivity (Wildman–Crippen MR) is 79.6 cm³/mol. The van der Waals surface area contributed by atoms with Gasteiger partial charge in [0.1, 0.15) is 5.76 Å². The molecule has 0 spiro atoms. The Kier molecular flexibility index (Phi) is 4.19. The lowest BCUT2D eigenvalue weighted by molar-refractivity contribution is 0.126. The van der Waals surface area contributed by atoms with Gasteiger partial charge in [0.15, 0.2) is 0 Å². The molecule has 1 aliphatic rings. The molecule has 0 amide bonds. The number of hydrogen-bond acceptors (Lipinski definition) is 5. The number of nitrogens with zero attached hydrogens (tertiary/aromatic N) is 2. The van der Waals surface area contributed by atoms with Crippen LogP contribution in [0.5, 0.6) is 0 Å². The number of aryl methyl sites for hydroxylation is 1. The minimum Gasteiger partial charge on any atom is -0.441 e. The third-order valence-corrected chi connectivity index (χ3v) is 4.68. The van der Waals surface area contributed by atoms with Crippen molar-refractivity contribution in [2.75, 3.05) is 19.7 Å². The first-order chi connectivity index (χ1) is 9.76. The van der Waals surface area contributed by atoms with Crippen molar-refractivity contribution in [2.45, 2.75) is 26.3 Å². The van der Waals surface area contributed by atoms with E-state index in [1.54, 1.807) is 11.3 Å². The summed E-state index contributed by atoms with van der Waals surface area (Å²) in [5, 5.41) is 13.3. The maximum atomic E-state index is 9.18. The van der Waals surface area contributed by atoms with Crippen molar-refractivity contribution in [3.05, 3.63) is 28.3 Å². The molecular formula is C15H20N2O2S. The first-order valence-corrected chi connectivity index (χ1v) is 8.02. The highest BCUT2D eigenvalue weighted by Gasteiger charge is 2.21.